The Labute approximate surface area is 149 Å². The molecule has 1 atom stereocenters. The van der Waals surface area contributed by atoms with E-state index in [-0.39, 0.29) is 17.8 Å². The van der Waals surface area contributed by atoms with Gasteiger partial charge in [-0.3, -0.25) is 9.59 Å². The Kier molecular flexibility index (Phi) is 4.30. The maximum Gasteiger partial charge on any atom is 0.310 e. The van der Waals surface area contributed by atoms with Crippen LogP contribution in [-0.2, 0) is 14.3 Å². The lowest BCUT2D eigenvalue weighted by atomic mass is 9.52. The Morgan fingerprint density at radius 3 is 2.32 bits per heavy atom. The lowest BCUT2D eigenvalue weighted by Crippen LogP contribution is -2.49. The highest BCUT2D eigenvalue weighted by molar-refractivity contribution is 5.95. The van der Waals surface area contributed by atoms with Crippen molar-refractivity contribution < 1.29 is 14.3 Å². The van der Waals surface area contributed by atoms with Crippen LogP contribution in [0.15, 0.2) is 24.3 Å². The van der Waals surface area contributed by atoms with Gasteiger partial charge in [-0.1, -0.05) is 12.1 Å². The van der Waals surface area contributed by atoms with Crippen molar-refractivity contribution in [1.29, 1.82) is 0 Å². The van der Waals surface area contributed by atoms with E-state index in [1.165, 1.54) is 32.1 Å². The molecule has 0 aromatic heterocycles. The van der Waals surface area contributed by atoms with Crippen molar-refractivity contribution >= 4 is 17.6 Å². The van der Waals surface area contributed by atoms with Crippen LogP contribution < -0.4 is 5.32 Å². The summed E-state index contributed by atoms with van der Waals surface area (Å²) in [7, 11) is 0. The summed E-state index contributed by atoms with van der Waals surface area (Å²) >= 11 is 0. The molecule has 4 bridgehead atoms. The fourth-order valence-electron chi connectivity index (χ4n) is 5.58. The largest absolute Gasteiger partial charge is 0.452 e. The number of rotatable bonds is 4. The Morgan fingerprint density at radius 1 is 1.08 bits per heavy atom. The summed E-state index contributed by atoms with van der Waals surface area (Å²) in [5.74, 6) is 2.22. The molecule has 4 aliphatic carbocycles. The number of amides is 1. The van der Waals surface area contributed by atoms with Crippen molar-refractivity contribution in [3.05, 3.63) is 29.8 Å². The quantitative estimate of drug-likeness (QED) is 0.844. The number of carbonyl (C=O) groups is 2. The maximum atomic E-state index is 12.8. The molecule has 4 aliphatic rings. The van der Waals surface area contributed by atoms with Gasteiger partial charge in [-0.15, -0.1) is 0 Å². The van der Waals surface area contributed by atoms with E-state index in [9.17, 15) is 9.59 Å². The first kappa shape index (κ1) is 16.6. The van der Waals surface area contributed by atoms with Gasteiger partial charge in [-0.25, -0.2) is 0 Å². The second-order valence-corrected chi connectivity index (χ2v) is 8.39. The molecule has 0 radical (unpaired) electrons. The van der Waals surface area contributed by atoms with Gasteiger partial charge in [-0.05, 0) is 87.3 Å². The smallest absolute Gasteiger partial charge is 0.310 e. The van der Waals surface area contributed by atoms with E-state index in [0.29, 0.717) is 11.8 Å². The van der Waals surface area contributed by atoms with Gasteiger partial charge in [0.1, 0.15) is 0 Å². The zero-order chi connectivity index (χ0) is 17.6. The molecule has 4 fully saturated rings. The van der Waals surface area contributed by atoms with Crippen LogP contribution in [0.2, 0.25) is 0 Å². The summed E-state index contributed by atoms with van der Waals surface area (Å²) in [6.45, 7) is 3.64. The molecule has 0 aliphatic heterocycles. The molecular formula is C21H27NO3. The van der Waals surface area contributed by atoms with E-state index in [1.54, 1.807) is 6.92 Å². The minimum atomic E-state index is -0.759. The van der Waals surface area contributed by atoms with Crippen LogP contribution in [0.4, 0.5) is 5.69 Å². The number of nitrogens with one attached hydrogen (secondary N) is 1. The molecule has 1 amide bonds. The predicted octanol–water partition coefficient (Wildman–Crippen LogP) is 3.94. The molecule has 5 rings (SSSR count). The lowest BCUT2D eigenvalue weighted by Gasteiger charge is -2.53. The molecule has 25 heavy (non-hydrogen) atoms. The number of aryl methyl sites for hydroxylation is 1. The highest BCUT2D eigenvalue weighted by atomic mass is 16.5. The van der Waals surface area contributed by atoms with Gasteiger partial charge in [0, 0.05) is 5.69 Å². The molecule has 0 unspecified atom stereocenters. The Hall–Kier alpha value is -1.84. The molecule has 0 saturated heterocycles. The summed E-state index contributed by atoms with van der Waals surface area (Å²) in [6, 6.07) is 7.63. The minimum Gasteiger partial charge on any atom is -0.452 e. The van der Waals surface area contributed by atoms with Gasteiger partial charge >= 0.3 is 5.97 Å². The maximum absolute atomic E-state index is 12.8. The average Bonchev–Trinajstić information content (AvgIpc) is 2.53. The van der Waals surface area contributed by atoms with Crippen LogP contribution >= 0.6 is 0 Å². The number of hydrogen-bond donors (Lipinski definition) is 1. The Balaban J connectivity index is 1.36. The first-order valence-electron chi connectivity index (χ1n) is 9.57. The third-order valence-electron chi connectivity index (χ3n) is 6.45. The first-order chi connectivity index (χ1) is 12.0. The monoisotopic (exact) mass is 341 g/mol. The molecule has 4 heteroatoms. The van der Waals surface area contributed by atoms with Crippen molar-refractivity contribution in [1.82, 2.24) is 0 Å². The Morgan fingerprint density at radius 2 is 1.72 bits per heavy atom. The van der Waals surface area contributed by atoms with Crippen LogP contribution in [0.25, 0.3) is 0 Å². The number of benzene rings is 1. The van der Waals surface area contributed by atoms with Crippen molar-refractivity contribution in [2.24, 2.45) is 29.6 Å². The van der Waals surface area contributed by atoms with Crippen molar-refractivity contribution in [3.8, 4) is 0 Å². The predicted molar refractivity (Wildman–Crippen MR) is 95.9 cm³/mol. The van der Waals surface area contributed by atoms with Crippen LogP contribution in [0, 0.1) is 36.5 Å². The first-order valence-corrected chi connectivity index (χ1v) is 9.57. The Bertz CT molecular complexity index is 655. The molecular weight excluding hydrogens is 314 g/mol. The highest BCUT2D eigenvalue weighted by Crippen LogP contribution is 2.56. The SMILES string of the molecule is Cc1cccc(NC(=O)[C@@H](C)OC(=O)C2C3CC4CC(C3)CC2C4)c1. The summed E-state index contributed by atoms with van der Waals surface area (Å²) in [5, 5.41) is 2.84. The highest BCUT2D eigenvalue weighted by Gasteiger charge is 2.51. The minimum absolute atomic E-state index is 0.0158. The zero-order valence-electron chi connectivity index (χ0n) is 15.0. The summed E-state index contributed by atoms with van der Waals surface area (Å²) in [4.78, 5) is 25.1. The number of esters is 1. The average molecular weight is 341 g/mol. The molecule has 134 valence electrons. The number of carbonyl (C=O) groups excluding carboxylic acids is 2. The lowest BCUT2D eigenvalue weighted by molar-refractivity contribution is -0.169. The number of ether oxygens (including phenoxy) is 1. The zero-order valence-corrected chi connectivity index (χ0v) is 15.0. The van der Waals surface area contributed by atoms with E-state index in [1.807, 2.05) is 31.2 Å². The molecule has 1 aromatic carbocycles. The van der Waals surface area contributed by atoms with Gasteiger partial charge in [0.2, 0.25) is 0 Å². The topological polar surface area (TPSA) is 55.4 Å². The van der Waals surface area contributed by atoms with Crippen molar-refractivity contribution in [2.75, 3.05) is 5.32 Å². The van der Waals surface area contributed by atoms with E-state index in [2.05, 4.69) is 5.32 Å². The van der Waals surface area contributed by atoms with Gasteiger partial charge in [-0.2, -0.15) is 0 Å². The summed E-state index contributed by atoms with van der Waals surface area (Å²) in [5.41, 5.74) is 1.82. The van der Waals surface area contributed by atoms with Crippen LogP contribution in [-0.4, -0.2) is 18.0 Å². The standard InChI is InChI=1S/C21H27NO3/c1-12-4-3-5-18(6-12)22-20(23)13(2)25-21(24)19-16-8-14-7-15(10-16)11-17(19)9-14/h3-6,13-17,19H,7-11H2,1-2H3,(H,22,23)/t13-,14?,15?,16?,17?,19?/m1/s1. The van der Waals surface area contributed by atoms with Crippen molar-refractivity contribution in [2.45, 2.75) is 52.1 Å². The fraction of sp³-hybridized carbons (Fsp3) is 0.619. The molecule has 4 nitrogen and oxygen atoms in total. The molecule has 4 saturated carbocycles. The molecule has 0 spiro atoms. The third kappa shape index (κ3) is 3.31. The molecule has 1 N–H and O–H groups in total. The fourth-order valence-corrected chi connectivity index (χ4v) is 5.58. The van der Waals surface area contributed by atoms with Crippen LogP contribution in [0.3, 0.4) is 0 Å². The second kappa shape index (κ2) is 6.47. The van der Waals surface area contributed by atoms with Crippen molar-refractivity contribution in [3.63, 3.8) is 0 Å². The van der Waals surface area contributed by atoms with E-state index in [0.717, 1.165) is 23.1 Å². The van der Waals surface area contributed by atoms with Crippen LogP contribution in [0.1, 0.15) is 44.6 Å². The van der Waals surface area contributed by atoms with Gasteiger partial charge in [0.25, 0.3) is 5.91 Å². The second-order valence-electron chi connectivity index (χ2n) is 8.39. The van der Waals surface area contributed by atoms with E-state index in [4.69, 9.17) is 4.74 Å². The van der Waals surface area contributed by atoms with Gasteiger partial charge < -0.3 is 10.1 Å². The third-order valence-corrected chi connectivity index (χ3v) is 6.45. The van der Waals surface area contributed by atoms with E-state index >= 15 is 0 Å². The molecule has 0 heterocycles. The van der Waals surface area contributed by atoms with Gasteiger partial charge in [0.15, 0.2) is 6.10 Å². The van der Waals surface area contributed by atoms with E-state index < -0.39 is 6.10 Å². The number of anilines is 1. The normalized spacial score (nSPS) is 33.8. The number of hydrogen-bond acceptors (Lipinski definition) is 3. The summed E-state index contributed by atoms with van der Waals surface area (Å²) < 4.78 is 5.59. The summed E-state index contributed by atoms with van der Waals surface area (Å²) in [6.07, 6.45) is 5.31. The molecule has 1 aromatic rings. The van der Waals surface area contributed by atoms with Gasteiger partial charge in [0.05, 0.1) is 5.92 Å². The van der Waals surface area contributed by atoms with Crippen LogP contribution in [0.5, 0.6) is 0 Å².